The second-order valence-electron chi connectivity index (χ2n) is 5.88. The predicted molar refractivity (Wildman–Crippen MR) is 99.4 cm³/mol. The number of nitrogens with one attached hydrogen (secondary N) is 2. The fourth-order valence-electron chi connectivity index (χ4n) is 2.59. The molecule has 0 aliphatic heterocycles. The van der Waals surface area contributed by atoms with Crippen LogP contribution in [0.2, 0.25) is 0 Å². The molecule has 0 aliphatic carbocycles. The van der Waals surface area contributed by atoms with Crippen LogP contribution in [0.1, 0.15) is 40.8 Å². The highest BCUT2D eigenvalue weighted by Crippen LogP contribution is 2.24. The van der Waals surface area contributed by atoms with Gasteiger partial charge in [0.25, 0.3) is 5.91 Å². The first kappa shape index (κ1) is 18.9. The van der Waals surface area contributed by atoms with E-state index in [0.717, 1.165) is 24.1 Å². The summed E-state index contributed by atoms with van der Waals surface area (Å²) in [6.07, 6.45) is 1.68. The molecular formula is C19H26N4O2. The number of anilines is 2. The van der Waals surface area contributed by atoms with Gasteiger partial charge in [-0.15, -0.1) is 0 Å². The van der Waals surface area contributed by atoms with Crippen molar-refractivity contribution in [3.05, 3.63) is 46.9 Å². The third-order valence-electron chi connectivity index (χ3n) is 3.87. The van der Waals surface area contributed by atoms with Crippen molar-refractivity contribution in [2.75, 3.05) is 25.6 Å². The first-order chi connectivity index (χ1) is 12.0. The molecule has 25 heavy (non-hydrogen) atoms. The van der Waals surface area contributed by atoms with Gasteiger partial charge in [0.05, 0.1) is 0 Å². The summed E-state index contributed by atoms with van der Waals surface area (Å²) in [7, 11) is 1.64. The zero-order chi connectivity index (χ0) is 18.2. The molecule has 0 unspecified atom stereocenters. The SMILES string of the molecule is CCc1cccc(C)c1Nc1cc(C(=O)NCCCOC)nc(C)n1. The second kappa shape index (κ2) is 9.13. The normalized spacial score (nSPS) is 10.6. The lowest BCUT2D eigenvalue weighted by Gasteiger charge is -2.14. The number of para-hydroxylation sites is 1. The molecule has 0 saturated heterocycles. The van der Waals surface area contributed by atoms with Crippen LogP contribution in [0.15, 0.2) is 24.3 Å². The van der Waals surface area contributed by atoms with Crippen LogP contribution < -0.4 is 10.6 Å². The number of amides is 1. The summed E-state index contributed by atoms with van der Waals surface area (Å²) in [5.41, 5.74) is 3.75. The van der Waals surface area contributed by atoms with Crippen molar-refractivity contribution in [1.29, 1.82) is 0 Å². The van der Waals surface area contributed by atoms with E-state index < -0.39 is 0 Å². The Morgan fingerprint density at radius 1 is 1.24 bits per heavy atom. The predicted octanol–water partition coefficient (Wildman–Crippen LogP) is 3.17. The van der Waals surface area contributed by atoms with Gasteiger partial charge >= 0.3 is 0 Å². The lowest BCUT2D eigenvalue weighted by Crippen LogP contribution is -2.26. The number of carbonyl (C=O) groups is 1. The maximum Gasteiger partial charge on any atom is 0.270 e. The number of aromatic nitrogens is 2. The van der Waals surface area contributed by atoms with E-state index in [1.807, 2.05) is 6.07 Å². The number of hydrogen-bond acceptors (Lipinski definition) is 5. The number of aryl methyl sites for hydroxylation is 3. The molecule has 134 valence electrons. The second-order valence-corrected chi connectivity index (χ2v) is 5.88. The zero-order valence-electron chi connectivity index (χ0n) is 15.3. The average Bonchev–Trinajstić information content (AvgIpc) is 2.59. The summed E-state index contributed by atoms with van der Waals surface area (Å²) in [6.45, 7) is 7.12. The highest BCUT2D eigenvalue weighted by molar-refractivity contribution is 5.93. The average molecular weight is 342 g/mol. The van der Waals surface area contributed by atoms with Crippen LogP contribution in [0.4, 0.5) is 11.5 Å². The number of hydrogen-bond donors (Lipinski definition) is 2. The molecule has 0 bridgehead atoms. The largest absolute Gasteiger partial charge is 0.385 e. The molecule has 0 spiro atoms. The topological polar surface area (TPSA) is 76.1 Å². The molecule has 6 nitrogen and oxygen atoms in total. The van der Waals surface area contributed by atoms with E-state index >= 15 is 0 Å². The molecule has 2 aromatic rings. The Bertz CT molecular complexity index is 731. The molecule has 0 fully saturated rings. The van der Waals surface area contributed by atoms with Crippen molar-refractivity contribution < 1.29 is 9.53 Å². The Balaban J connectivity index is 2.18. The maximum atomic E-state index is 12.3. The molecule has 1 amide bonds. The van der Waals surface area contributed by atoms with Crippen LogP contribution in [-0.2, 0) is 11.2 Å². The highest BCUT2D eigenvalue weighted by atomic mass is 16.5. The van der Waals surface area contributed by atoms with Crippen molar-refractivity contribution in [3.63, 3.8) is 0 Å². The highest BCUT2D eigenvalue weighted by Gasteiger charge is 2.12. The summed E-state index contributed by atoms with van der Waals surface area (Å²) >= 11 is 0. The minimum atomic E-state index is -0.204. The maximum absolute atomic E-state index is 12.3. The van der Waals surface area contributed by atoms with Gasteiger partial charge in [0.1, 0.15) is 17.3 Å². The van der Waals surface area contributed by atoms with Gasteiger partial charge in [-0.1, -0.05) is 25.1 Å². The van der Waals surface area contributed by atoms with Gasteiger partial charge in [-0.05, 0) is 37.8 Å². The van der Waals surface area contributed by atoms with E-state index in [4.69, 9.17) is 4.74 Å². The molecule has 0 atom stereocenters. The van der Waals surface area contributed by atoms with Gasteiger partial charge in [0, 0.05) is 32.0 Å². The number of ether oxygens (including phenoxy) is 1. The van der Waals surface area contributed by atoms with Crippen LogP contribution >= 0.6 is 0 Å². The van der Waals surface area contributed by atoms with E-state index in [1.165, 1.54) is 5.56 Å². The van der Waals surface area contributed by atoms with E-state index in [9.17, 15) is 4.79 Å². The van der Waals surface area contributed by atoms with Gasteiger partial charge < -0.3 is 15.4 Å². The Hall–Kier alpha value is -2.47. The number of benzene rings is 1. The molecule has 6 heteroatoms. The molecule has 1 heterocycles. The Morgan fingerprint density at radius 3 is 2.76 bits per heavy atom. The van der Waals surface area contributed by atoms with Gasteiger partial charge in [0.15, 0.2) is 0 Å². The Morgan fingerprint density at radius 2 is 2.04 bits per heavy atom. The first-order valence-electron chi connectivity index (χ1n) is 8.53. The lowest BCUT2D eigenvalue weighted by molar-refractivity contribution is 0.0943. The van der Waals surface area contributed by atoms with Crippen LogP contribution in [0.5, 0.6) is 0 Å². The van der Waals surface area contributed by atoms with Crippen molar-refractivity contribution in [1.82, 2.24) is 15.3 Å². The van der Waals surface area contributed by atoms with Gasteiger partial charge in [-0.2, -0.15) is 0 Å². The van der Waals surface area contributed by atoms with Gasteiger partial charge in [0.2, 0.25) is 0 Å². The van der Waals surface area contributed by atoms with Gasteiger partial charge in [-0.25, -0.2) is 9.97 Å². The lowest BCUT2D eigenvalue weighted by atomic mass is 10.1. The van der Waals surface area contributed by atoms with Crippen LogP contribution in [0, 0.1) is 13.8 Å². The fourth-order valence-corrected chi connectivity index (χ4v) is 2.59. The smallest absolute Gasteiger partial charge is 0.270 e. The number of methoxy groups -OCH3 is 1. The van der Waals surface area contributed by atoms with Gasteiger partial charge in [-0.3, -0.25) is 4.79 Å². The molecule has 1 aromatic carbocycles. The minimum Gasteiger partial charge on any atom is -0.385 e. The van der Waals surface area contributed by atoms with Crippen molar-refractivity contribution in [3.8, 4) is 0 Å². The first-order valence-corrected chi connectivity index (χ1v) is 8.53. The molecular weight excluding hydrogens is 316 g/mol. The van der Waals surface area contributed by atoms with E-state index in [1.54, 1.807) is 20.1 Å². The standard InChI is InChI=1S/C19H26N4O2/c1-5-15-9-6-8-13(2)18(15)23-17-12-16(21-14(3)22-17)19(24)20-10-7-11-25-4/h6,8-9,12H,5,7,10-11H2,1-4H3,(H,20,24)(H,21,22,23). The van der Waals surface area contributed by atoms with E-state index in [2.05, 4.69) is 46.6 Å². The molecule has 0 aliphatic rings. The zero-order valence-corrected chi connectivity index (χ0v) is 15.3. The summed E-state index contributed by atoms with van der Waals surface area (Å²) in [6, 6.07) is 7.87. The number of nitrogens with zero attached hydrogens (tertiary/aromatic N) is 2. The Kier molecular flexibility index (Phi) is 6.89. The van der Waals surface area contributed by atoms with Crippen LogP contribution in [0.25, 0.3) is 0 Å². The number of rotatable bonds is 8. The van der Waals surface area contributed by atoms with Crippen molar-refractivity contribution in [2.45, 2.75) is 33.6 Å². The molecule has 1 aromatic heterocycles. The summed E-state index contributed by atoms with van der Waals surface area (Å²) in [4.78, 5) is 20.9. The van der Waals surface area contributed by atoms with E-state index in [-0.39, 0.29) is 5.91 Å². The van der Waals surface area contributed by atoms with E-state index in [0.29, 0.717) is 30.5 Å². The summed E-state index contributed by atoms with van der Waals surface area (Å²) in [5, 5.41) is 6.20. The summed E-state index contributed by atoms with van der Waals surface area (Å²) < 4.78 is 4.98. The Labute approximate surface area is 149 Å². The molecule has 0 saturated carbocycles. The van der Waals surface area contributed by atoms with Crippen molar-refractivity contribution in [2.24, 2.45) is 0 Å². The minimum absolute atomic E-state index is 0.204. The third kappa shape index (κ3) is 5.26. The van der Waals surface area contributed by atoms with Crippen LogP contribution in [-0.4, -0.2) is 36.1 Å². The van der Waals surface area contributed by atoms with Crippen molar-refractivity contribution >= 4 is 17.4 Å². The number of carbonyl (C=O) groups excluding carboxylic acids is 1. The summed E-state index contributed by atoms with van der Waals surface area (Å²) in [5.74, 6) is 0.974. The monoisotopic (exact) mass is 342 g/mol. The quantitative estimate of drug-likeness (QED) is 0.721. The fraction of sp³-hybridized carbons (Fsp3) is 0.421. The molecule has 2 rings (SSSR count). The molecule has 0 radical (unpaired) electrons. The third-order valence-corrected chi connectivity index (χ3v) is 3.87. The van der Waals surface area contributed by atoms with Crippen LogP contribution in [0.3, 0.4) is 0 Å². The molecule has 2 N–H and O–H groups in total.